The molecule has 0 heterocycles. The van der Waals surface area contributed by atoms with E-state index in [1.807, 2.05) is 6.92 Å². The smallest absolute Gasteiger partial charge is 0.335 e. The first-order chi connectivity index (χ1) is 8.04. The lowest BCUT2D eigenvalue weighted by Gasteiger charge is -2.08. The predicted octanol–water partition coefficient (Wildman–Crippen LogP) is 2.60. The Hall–Kier alpha value is -2.10. The fraction of sp³-hybridized carbons (Fsp3) is 0.231. The van der Waals surface area contributed by atoms with Gasteiger partial charge in [-0.3, -0.25) is 4.79 Å². The minimum Gasteiger partial charge on any atom is -0.478 e. The first kappa shape index (κ1) is 13.0. The Kier molecular flexibility index (Phi) is 4.46. The van der Waals surface area contributed by atoms with Crippen molar-refractivity contribution in [2.24, 2.45) is 0 Å². The van der Waals surface area contributed by atoms with Gasteiger partial charge < -0.3 is 10.4 Å². The minimum atomic E-state index is -1.01. The SMILES string of the molecule is C=CCCC(=O)Nc1cc(C(=O)O)ccc1C. The van der Waals surface area contributed by atoms with Crippen LogP contribution in [0.2, 0.25) is 0 Å². The Labute approximate surface area is 100.0 Å². The van der Waals surface area contributed by atoms with E-state index < -0.39 is 5.97 Å². The molecule has 17 heavy (non-hydrogen) atoms. The molecule has 4 heteroatoms. The standard InChI is InChI=1S/C13H15NO3/c1-3-4-5-12(15)14-11-8-10(13(16)17)7-6-9(11)2/h3,6-8H,1,4-5H2,2H3,(H,14,15)(H,16,17). The van der Waals surface area contributed by atoms with E-state index in [9.17, 15) is 9.59 Å². The number of carbonyl (C=O) groups excluding carboxylic acids is 1. The van der Waals surface area contributed by atoms with E-state index in [1.54, 1.807) is 12.1 Å². The number of rotatable bonds is 5. The summed E-state index contributed by atoms with van der Waals surface area (Å²) in [6, 6.07) is 4.65. The van der Waals surface area contributed by atoms with Gasteiger partial charge in [-0.1, -0.05) is 12.1 Å². The maximum Gasteiger partial charge on any atom is 0.335 e. The number of anilines is 1. The first-order valence-electron chi connectivity index (χ1n) is 5.29. The molecule has 90 valence electrons. The minimum absolute atomic E-state index is 0.143. The predicted molar refractivity (Wildman–Crippen MR) is 66.2 cm³/mol. The highest BCUT2D eigenvalue weighted by Gasteiger charge is 2.08. The summed E-state index contributed by atoms with van der Waals surface area (Å²) in [5.41, 5.74) is 1.54. The number of aromatic carboxylic acids is 1. The van der Waals surface area contributed by atoms with Crippen LogP contribution >= 0.6 is 0 Å². The highest BCUT2D eigenvalue weighted by molar-refractivity contribution is 5.94. The van der Waals surface area contributed by atoms with Gasteiger partial charge in [0, 0.05) is 12.1 Å². The molecule has 0 aliphatic rings. The van der Waals surface area contributed by atoms with E-state index in [4.69, 9.17) is 5.11 Å². The van der Waals surface area contributed by atoms with Crippen LogP contribution in [0, 0.1) is 6.92 Å². The van der Waals surface area contributed by atoms with Gasteiger partial charge in [0.15, 0.2) is 0 Å². The third-order valence-corrected chi connectivity index (χ3v) is 2.33. The molecule has 0 unspecified atom stereocenters. The van der Waals surface area contributed by atoms with E-state index in [-0.39, 0.29) is 11.5 Å². The quantitative estimate of drug-likeness (QED) is 0.768. The molecule has 4 nitrogen and oxygen atoms in total. The molecule has 0 saturated heterocycles. The lowest BCUT2D eigenvalue weighted by molar-refractivity contribution is -0.116. The van der Waals surface area contributed by atoms with Crippen LogP contribution in [0.3, 0.4) is 0 Å². The van der Waals surface area contributed by atoms with Gasteiger partial charge in [0.05, 0.1) is 5.56 Å². The van der Waals surface area contributed by atoms with Gasteiger partial charge in [0.1, 0.15) is 0 Å². The molecule has 0 atom stereocenters. The van der Waals surface area contributed by atoms with E-state index in [2.05, 4.69) is 11.9 Å². The van der Waals surface area contributed by atoms with Crippen molar-refractivity contribution in [3.63, 3.8) is 0 Å². The molecule has 0 saturated carbocycles. The van der Waals surface area contributed by atoms with Crippen molar-refractivity contribution in [3.8, 4) is 0 Å². The third kappa shape index (κ3) is 3.75. The Morgan fingerprint density at radius 2 is 2.18 bits per heavy atom. The maximum atomic E-state index is 11.5. The second-order valence-corrected chi connectivity index (χ2v) is 3.71. The van der Waals surface area contributed by atoms with E-state index in [0.29, 0.717) is 18.5 Å². The van der Waals surface area contributed by atoms with Crippen molar-refractivity contribution in [1.82, 2.24) is 0 Å². The summed E-state index contributed by atoms with van der Waals surface area (Å²) < 4.78 is 0. The van der Waals surface area contributed by atoms with Crippen molar-refractivity contribution in [2.75, 3.05) is 5.32 Å². The van der Waals surface area contributed by atoms with Gasteiger partial charge in [0.2, 0.25) is 5.91 Å². The fourth-order valence-electron chi connectivity index (χ4n) is 1.34. The molecule has 0 aliphatic heterocycles. The Balaban J connectivity index is 2.82. The summed E-state index contributed by atoms with van der Waals surface area (Å²) in [5.74, 6) is -1.15. The first-order valence-corrected chi connectivity index (χ1v) is 5.29. The van der Waals surface area contributed by atoms with Gasteiger partial charge in [-0.2, -0.15) is 0 Å². The molecule has 2 N–H and O–H groups in total. The Bertz CT molecular complexity index is 452. The van der Waals surface area contributed by atoms with E-state index in [0.717, 1.165) is 5.56 Å². The van der Waals surface area contributed by atoms with Crippen LogP contribution in [-0.4, -0.2) is 17.0 Å². The molecule has 0 fully saturated rings. The summed E-state index contributed by atoms with van der Waals surface area (Å²) >= 11 is 0. The third-order valence-electron chi connectivity index (χ3n) is 2.33. The molecule has 0 bridgehead atoms. The molecule has 0 aromatic heterocycles. The summed E-state index contributed by atoms with van der Waals surface area (Å²) in [7, 11) is 0. The average molecular weight is 233 g/mol. The summed E-state index contributed by atoms with van der Waals surface area (Å²) in [6.07, 6.45) is 2.61. The largest absolute Gasteiger partial charge is 0.478 e. The molecular weight excluding hydrogens is 218 g/mol. The molecular formula is C13H15NO3. The number of nitrogens with one attached hydrogen (secondary N) is 1. The van der Waals surface area contributed by atoms with Crippen molar-refractivity contribution in [1.29, 1.82) is 0 Å². The lowest BCUT2D eigenvalue weighted by Crippen LogP contribution is -2.12. The van der Waals surface area contributed by atoms with Crippen LogP contribution in [0.15, 0.2) is 30.9 Å². The molecule has 1 amide bonds. The lowest BCUT2D eigenvalue weighted by atomic mass is 10.1. The van der Waals surface area contributed by atoms with Gasteiger partial charge in [0.25, 0.3) is 0 Å². The highest BCUT2D eigenvalue weighted by atomic mass is 16.4. The van der Waals surface area contributed by atoms with Gasteiger partial charge >= 0.3 is 5.97 Å². The number of hydrogen-bond donors (Lipinski definition) is 2. The van der Waals surface area contributed by atoms with E-state index in [1.165, 1.54) is 12.1 Å². The Morgan fingerprint density at radius 1 is 1.47 bits per heavy atom. The maximum absolute atomic E-state index is 11.5. The van der Waals surface area contributed by atoms with Crippen LogP contribution < -0.4 is 5.32 Å². The van der Waals surface area contributed by atoms with Crippen molar-refractivity contribution >= 4 is 17.6 Å². The zero-order valence-corrected chi connectivity index (χ0v) is 9.69. The van der Waals surface area contributed by atoms with Crippen LogP contribution in [-0.2, 0) is 4.79 Å². The van der Waals surface area contributed by atoms with Crippen LogP contribution in [0.4, 0.5) is 5.69 Å². The summed E-state index contributed by atoms with van der Waals surface area (Å²) in [6.45, 7) is 5.35. The number of carboxylic acid groups (broad SMARTS) is 1. The fourth-order valence-corrected chi connectivity index (χ4v) is 1.34. The molecule has 0 radical (unpaired) electrons. The average Bonchev–Trinajstić information content (AvgIpc) is 2.29. The van der Waals surface area contributed by atoms with Crippen molar-refractivity contribution < 1.29 is 14.7 Å². The van der Waals surface area contributed by atoms with Crippen LogP contribution in [0.25, 0.3) is 0 Å². The molecule has 0 spiro atoms. The monoisotopic (exact) mass is 233 g/mol. The number of amides is 1. The Morgan fingerprint density at radius 3 is 2.76 bits per heavy atom. The van der Waals surface area contributed by atoms with E-state index >= 15 is 0 Å². The molecule has 1 rings (SSSR count). The number of benzene rings is 1. The van der Waals surface area contributed by atoms with Gasteiger partial charge in [-0.05, 0) is 31.0 Å². The summed E-state index contributed by atoms with van der Waals surface area (Å²) in [4.78, 5) is 22.3. The van der Waals surface area contributed by atoms with Crippen LogP contribution in [0.1, 0.15) is 28.8 Å². The van der Waals surface area contributed by atoms with Gasteiger partial charge in [-0.25, -0.2) is 4.79 Å². The van der Waals surface area contributed by atoms with Crippen molar-refractivity contribution in [2.45, 2.75) is 19.8 Å². The second-order valence-electron chi connectivity index (χ2n) is 3.71. The van der Waals surface area contributed by atoms with Crippen molar-refractivity contribution in [3.05, 3.63) is 42.0 Å². The normalized spacial score (nSPS) is 9.71. The molecule has 0 aliphatic carbocycles. The van der Waals surface area contributed by atoms with Crippen LogP contribution in [0.5, 0.6) is 0 Å². The number of carboxylic acids is 1. The number of aryl methyl sites for hydroxylation is 1. The summed E-state index contributed by atoms with van der Waals surface area (Å²) in [5, 5.41) is 11.5. The molecule has 1 aromatic carbocycles. The molecule has 1 aromatic rings. The number of allylic oxidation sites excluding steroid dienone is 1. The number of carbonyl (C=O) groups is 2. The topological polar surface area (TPSA) is 66.4 Å². The number of hydrogen-bond acceptors (Lipinski definition) is 2. The second kappa shape index (κ2) is 5.84. The zero-order valence-electron chi connectivity index (χ0n) is 9.69. The van der Waals surface area contributed by atoms with Gasteiger partial charge in [-0.15, -0.1) is 6.58 Å². The zero-order chi connectivity index (χ0) is 12.8. The highest BCUT2D eigenvalue weighted by Crippen LogP contribution is 2.17.